The first kappa shape index (κ1) is 10.8. The first-order valence-corrected chi connectivity index (χ1v) is 6.17. The average molecular weight is 286 g/mol. The zero-order valence-electron chi connectivity index (χ0n) is 14.7. The number of hydrogen-bond acceptors (Lipinski definition) is 2. The Morgan fingerprint density at radius 3 is 2.81 bits per heavy atom. The van der Waals surface area contributed by atoms with Crippen LogP contribution in [0.15, 0.2) is 52.5 Å². The van der Waals surface area contributed by atoms with Crippen LogP contribution in [-0.2, 0) is 0 Å². The van der Waals surface area contributed by atoms with Crippen molar-refractivity contribution in [2.24, 2.45) is 15.8 Å². The van der Waals surface area contributed by atoms with Crippen LogP contribution in [-0.4, -0.2) is 5.96 Å². The lowest BCUT2D eigenvalue weighted by Crippen LogP contribution is -2.22. The van der Waals surface area contributed by atoms with Gasteiger partial charge < -0.3 is 11.1 Å². The minimum atomic E-state index is 0.0254. The predicted octanol–water partition coefficient (Wildman–Crippen LogP) is 4.30. The van der Waals surface area contributed by atoms with Crippen LogP contribution < -0.4 is 11.1 Å². The number of nitrogens with two attached hydrogens (primary N) is 1. The summed E-state index contributed by atoms with van der Waals surface area (Å²) in [5.74, 6) is 0.0254. The van der Waals surface area contributed by atoms with Gasteiger partial charge in [0.15, 0.2) is 5.96 Å². The lowest BCUT2D eigenvalue weighted by atomic mass is 10.2. The molecule has 2 rings (SSSR count). The summed E-state index contributed by atoms with van der Waals surface area (Å²) in [6.07, 6.45) is 0. The number of azide groups is 1. The van der Waals surface area contributed by atoms with Crippen molar-refractivity contribution in [2.75, 3.05) is 5.32 Å². The summed E-state index contributed by atoms with van der Waals surface area (Å²) in [5, 5.41) is 6.32. The van der Waals surface area contributed by atoms with Crippen molar-refractivity contribution >= 4 is 23.0 Å². The standard InChI is InChI=1S/C15H16N6/c1-10-5-3-4-6-13(10)18-15(16)19-14-8-7-12(20-21-17)9-11(14)2/h3-9H,1-2H3,(H3,16,18,19)/i3T,6T,8T. The average Bonchev–Trinajstić information content (AvgIpc) is 2.47. The molecule has 0 aliphatic carbocycles. The van der Waals surface area contributed by atoms with E-state index in [9.17, 15) is 0 Å². The maximum absolute atomic E-state index is 8.46. The number of guanidine groups is 1. The normalized spacial score (nSPS) is 12.9. The van der Waals surface area contributed by atoms with E-state index in [0.29, 0.717) is 28.2 Å². The van der Waals surface area contributed by atoms with Gasteiger partial charge in [0.05, 0.1) is 9.80 Å². The maximum atomic E-state index is 8.46. The molecule has 106 valence electrons. The van der Waals surface area contributed by atoms with E-state index in [0.717, 1.165) is 0 Å². The molecule has 0 saturated heterocycles. The topological polar surface area (TPSA) is 99.2 Å². The van der Waals surface area contributed by atoms with Gasteiger partial charge in [-0.2, -0.15) is 0 Å². The monoisotopic (exact) mass is 286 g/mol. The molecule has 0 saturated carbocycles. The van der Waals surface area contributed by atoms with E-state index < -0.39 is 0 Å². The number of anilines is 1. The highest BCUT2D eigenvalue weighted by molar-refractivity contribution is 5.95. The van der Waals surface area contributed by atoms with Crippen LogP contribution in [0, 0.1) is 13.8 Å². The van der Waals surface area contributed by atoms with Gasteiger partial charge in [-0.1, -0.05) is 29.4 Å². The van der Waals surface area contributed by atoms with Gasteiger partial charge in [-0.25, -0.2) is 4.99 Å². The number of hydrogen-bond donors (Lipinski definition) is 2. The SMILES string of the molecule is [3H]c1cc([3H])c(N=C(N)Nc2c([3H])cc(N=[N+]=[N-])cc2C)c(C)c1. The Kier molecular flexibility index (Phi) is 3.31. The minimum absolute atomic E-state index is 0.0254. The van der Waals surface area contributed by atoms with Gasteiger partial charge >= 0.3 is 0 Å². The Bertz CT molecular complexity index is 825. The van der Waals surface area contributed by atoms with Gasteiger partial charge in [0, 0.05) is 16.3 Å². The molecule has 3 N–H and O–H groups in total. The largest absolute Gasteiger partial charge is 0.369 e. The van der Waals surface area contributed by atoms with Crippen LogP contribution in [0.3, 0.4) is 0 Å². The summed E-state index contributed by atoms with van der Waals surface area (Å²) in [7, 11) is 0. The Balaban J connectivity index is 2.37. The Labute approximate surface area is 127 Å². The summed E-state index contributed by atoms with van der Waals surface area (Å²) < 4.78 is 23.5. The molecule has 0 radical (unpaired) electrons. The molecule has 0 aliphatic rings. The van der Waals surface area contributed by atoms with Crippen LogP contribution in [0.4, 0.5) is 17.1 Å². The van der Waals surface area contributed by atoms with Gasteiger partial charge in [0.1, 0.15) is 0 Å². The van der Waals surface area contributed by atoms with Crippen molar-refractivity contribution in [3.63, 3.8) is 0 Å². The predicted molar refractivity (Wildman–Crippen MR) is 86.1 cm³/mol. The molecule has 2 aromatic rings. The fourth-order valence-corrected chi connectivity index (χ4v) is 1.70. The Morgan fingerprint density at radius 2 is 2.14 bits per heavy atom. The third-order valence-corrected chi connectivity index (χ3v) is 2.73. The highest BCUT2D eigenvalue weighted by atomic mass is 15.1. The van der Waals surface area contributed by atoms with Crippen LogP contribution in [0.25, 0.3) is 10.4 Å². The first-order valence-electron chi connectivity index (χ1n) is 7.67. The highest BCUT2D eigenvalue weighted by Crippen LogP contribution is 2.22. The van der Waals surface area contributed by atoms with E-state index >= 15 is 0 Å². The summed E-state index contributed by atoms with van der Waals surface area (Å²) in [4.78, 5) is 6.88. The summed E-state index contributed by atoms with van der Waals surface area (Å²) in [6, 6.07) is 6.48. The molecule has 0 aliphatic heterocycles. The minimum Gasteiger partial charge on any atom is -0.369 e. The number of benzene rings is 2. The second-order valence-corrected chi connectivity index (χ2v) is 4.36. The van der Waals surface area contributed by atoms with Crippen molar-refractivity contribution in [3.05, 3.63) is 64.0 Å². The van der Waals surface area contributed by atoms with Crippen molar-refractivity contribution in [1.82, 2.24) is 0 Å². The van der Waals surface area contributed by atoms with Crippen LogP contribution in [0.5, 0.6) is 0 Å². The number of para-hydroxylation sites is 1. The summed E-state index contributed by atoms with van der Waals surface area (Å²) in [5.41, 5.74) is 16.8. The molecule has 0 heterocycles. The number of aliphatic imine (C=N–C) groups is 1. The summed E-state index contributed by atoms with van der Waals surface area (Å²) >= 11 is 0. The molecular weight excluding hydrogens is 264 g/mol. The van der Waals surface area contributed by atoms with Gasteiger partial charge in [0.2, 0.25) is 0 Å². The van der Waals surface area contributed by atoms with Gasteiger partial charge in [-0.3, -0.25) is 0 Å². The number of nitrogens with zero attached hydrogens (tertiary/aromatic N) is 4. The molecule has 0 unspecified atom stereocenters. The highest BCUT2D eigenvalue weighted by Gasteiger charge is 2.02. The lowest BCUT2D eigenvalue weighted by molar-refractivity contribution is 1.35. The third kappa shape index (κ3) is 3.75. The quantitative estimate of drug-likeness (QED) is 0.289. The second kappa shape index (κ2) is 6.45. The third-order valence-electron chi connectivity index (χ3n) is 2.73. The fraction of sp³-hybridized carbons (Fsp3) is 0.133. The molecule has 6 heteroatoms. The smallest absolute Gasteiger partial charge is 0.198 e. The molecule has 0 atom stereocenters. The number of aryl methyl sites for hydroxylation is 2. The Hall–Kier alpha value is -2.98. The van der Waals surface area contributed by atoms with E-state index in [2.05, 4.69) is 20.3 Å². The van der Waals surface area contributed by atoms with Crippen molar-refractivity contribution in [2.45, 2.75) is 13.8 Å². The van der Waals surface area contributed by atoms with E-state index in [1.165, 1.54) is 12.1 Å². The molecule has 0 fully saturated rings. The summed E-state index contributed by atoms with van der Waals surface area (Å²) in [6.45, 7) is 3.50. The molecule has 6 nitrogen and oxygen atoms in total. The zero-order valence-corrected chi connectivity index (χ0v) is 11.7. The van der Waals surface area contributed by atoms with Gasteiger partial charge in [-0.05, 0) is 48.7 Å². The lowest BCUT2D eigenvalue weighted by Gasteiger charge is -2.10. The molecular formula is C15H16N6. The van der Waals surface area contributed by atoms with Crippen molar-refractivity contribution < 1.29 is 4.11 Å². The van der Waals surface area contributed by atoms with Crippen LogP contribution in [0.2, 0.25) is 0 Å². The van der Waals surface area contributed by atoms with Crippen LogP contribution >= 0.6 is 0 Å². The number of nitrogens with one attached hydrogen (secondary N) is 1. The van der Waals surface area contributed by atoms with E-state index in [-0.39, 0.29) is 24.1 Å². The van der Waals surface area contributed by atoms with Gasteiger partial charge in [-0.15, -0.1) is 0 Å². The molecule has 21 heavy (non-hydrogen) atoms. The maximum Gasteiger partial charge on any atom is 0.198 e. The van der Waals surface area contributed by atoms with Crippen molar-refractivity contribution in [1.29, 1.82) is 0 Å². The molecule has 0 bridgehead atoms. The first-order chi connectivity index (χ1) is 11.3. The molecule has 0 aromatic heterocycles. The van der Waals surface area contributed by atoms with E-state index in [4.69, 9.17) is 15.4 Å². The second-order valence-electron chi connectivity index (χ2n) is 4.36. The van der Waals surface area contributed by atoms with Gasteiger partial charge in [0.25, 0.3) is 0 Å². The molecule has 2 aromatic carbocycles. The Morgan fingerprint density at radius 1 is 1.33 bits per heavy atom. The number of rotatable bonds is 3. The molecule has 0 amide bonds. The van der Waals surface area contributed by atoms with E-state index in [1.54, 1.807) is 26.0 Å². The zero-order chi connectivity index (χ0) is 17.9. The van der Waals surface area contributed by atoms with Crippen LogP contribution in [0.1, 0.15) is 15.2 Å². The van der Waals surface area contributed by atoms with Crippen molar-refractivity contribution in [3.8, 4) is 0 Å². The molecule has 0 spiro atoms. The van der Waals surface area contributed by atoms with E-state index in [1.807, 2.05) is 0 Å². The fourth-order valence-electron chi connectivity index (χ4n) is 1.70.